The summed E-state index contributed by atoms with van der Waals surface area (Å²) >= 11 is 0. The monoisotopic (exact) mass is 240 g/mol. The number of allylic oxidation sites excluding steroid dienone is 2. The number of hydrogen-bond acceptors (Lipinski definition) is 2. The van der Waals surface area contributed by atoms with Gasteiger partial charge in [-0.2, -0.15) is 0 Å². The normalized spacial score (nSPS) is 16.3. The maximum atomic E-state index is 12.1. The first-order valence-electron chi connectivity index (χ1n) is 5.77. The molecule has 0 atom stereocenters. The summed E-state index contributed by atoms with van der Waals surface area (Å²) in [6.45, 7) is 7.94. The maximum absolute atomic E-state index is 12.1. The smallest absolute Gasteiger partial charge is 0.257 e. The van der Waals surface area contributed by atoms with Crippen molar-refractivity contribution in [2.24, 2.45) is 0 Å². The van der Waals surface area contributed by atoms with E-state index < -0.39 is 0 Å². The van der Waals surface area contributed by atoms with Gasteiger partial charge in [-0.1, -0.05) is 43.5 Å². The van der Waals surface area contributed by atoms with Crippen LogP contribution in [0.4, 0.5) is 5.69 Å². The van der Waals surface area contributed by atoms with Crippen LogP contribution in [-0.2, 0) is 0 Å². The number of rotatable bonds is 2. The molecule has 1 amide bonds. The predicted octanol–water partition coefficient (Wildman–Crippen LogP) is 1.07. The first kappa shape index (κ1) is 12.2. The Bertz CT molecular complexity index is 629. The van der Waals surface area contributed by atoms with Gasteiger partial charge < -0.3 is 10.2 Å². The van der Waals surface area contributed by atoms with Crippen molar-refractivity contribution in [2.75, 3.05) is 19.0 Å². The van der Waals surface area contributed by atoms with Crippen LogP contribution in [0.2, 0.25) is 0 Å². The van der Waals surface area contributed by atoms with E-state index in [1.54, 1.807) is 24.1 Å². The van der Waals surface area contributed by atoms with Crippen molar-refractivity contribution in [2.45, 2.75) is 0 Å². The standard InChI is InChI=1S/C15H16N2O/c1-4-6-11-8-9-13-14(12(11)7-5-2)16-10-17(3)15(13)18/h4-9,16H,1-2,10H2,3H3/b11-6-,12-7+. The topological polar surface area (TPSA) is 32.3 Å². The van der Waals surface area contributed by atoms with Crippen molar-refractivity contribution in [3.63, 3.8) is 0 Å². The molecule has 0 saturated carbocycles. The Hall–Kier alpha value is -2.29. The number of carbonyl (C=O) groups is 1. The van der Waals surface area contributed by atoms with Crippen LogP contribution in [0.15, 0.2) is 37.4 Å². The minimum Gasteiger partial charge on any atom is -0.367 e. The quantitative estimate of drug-likeness (QED) is 0.839. The average molecular weight is 240 g/mol. The number of nitrogens with one attached hydrogen (secondary N) is 1. The third-order valence-corrected chi connectivity index (χ3v) is 2.93. The zero-order chi connectivity index (χ0) is 13.1. The molecular weight excluding hydrogens is 224 g/mol. The minimum absolute atomic E-state index is 0.0348. The summed E-state index contributed by atoms with van der Waals surface area (Å²) in [5, 5.41) is 5.26. The van der Waals surface area contributed by atoms with Crippen molar-refractivity contribution in [3.05, 3.63) is 53.4 Å². The van der Waals surface area contributed by atoms with Crippen LogP contribution in [0.1, 0.15) is 10.4 Å². The Balaban J connectivity index is 2.80. The summed E-state index contributed by atoms with van der Waals surface area (Å²) in [7, 11) is 1.78. The number of benzene rings is 1. The molecule has 3 nitrogen and oxygen atoms in total. The van der Waals surface area contributed by atoms with Crippen LogP contribution >= 0.6 is 0 Å². The van der Waals surface area contributed by atoms with Gasteiger partial charge in [-0.15, -0.1) is 0 Å². The molecule has 1 aromatic carbocycles. The predicted molar refractivity (Wildman–Crippen MR) is 75.6 cm³/mol. The van der Waals surface area contributed by atoms with Crippen LogP contribution in [0.3, 0.4) is 0 Å². The second-order valence-electron chi connectivity index (χ2n) is 4.13. The lowest BCUT2D eigenvalue weighted by molar-refractivity contribution is 0.0796. The van der Waals surface area contributed by atoms with Crippen molar-refractivity contribution in [1.29, 1.82) is 0 Å². The van der Waals surface area contributed by atoms with Gasteiger partial charge in [0.25, 0.3) is 5.91 Å². The number of anilines is 1. The summed E-state index contributed by atoms with van der Waals surface area (Å²) in [5.41, 5.74) is 1.56. The van der Waals surface area contributed by atoms with Crippen LogP contribution in [-0.4, -0.2) is 24.5 Å². The van der Waals surface area contributed by atoms with E-state index in [0.717, 1.165) is 16.1 Å². The van der Waals surface area contributed by atoms with E-state index in [1.165, 1.54) is 0 Å². The van der Waals surface area contributed by atoms with E-state index in [-0.39, 0.29) is 5.91 Å². The number of hydrogen-bond donors (Lipinski definition) is 1. The van der Waals surface area contributed by atoms with Gasteiger partial charge in [-0.3, -0.25) is 4.79 Å². The highest BCUT2D eigenvalue weighted by atomic mass is 16.2. The van der Waals surface area contributed by atoms with Crippen LogP contribution < -0.4 is 15.8 Å². The van der Waals surface area contributed by atoms with Gasteiger partial charge in [0.1, 0.15) is 0 Å². The Labute approximate surface area is 106 Å². The summed E-state index contributed by atoms with van der Waals surface area (Å²) in [4.78, 5) is 13.7. The molecule has 1 N–H and O–H groups in total. The average Bonchev–Trinajstić information content (AvgIpc) is 2.37. The van der Waals surface area contributed by atoms with Crippen molar-refractivity contribution in [3.8, 4) is 0 Å². The molecule has 0 aliphatic carbocycles. The molecule has 0 spiro atoms. The summed E-state index contributed by atoms with van der Waals surface area (Å²) in [5.74, 6) is 0.0348. The molecule has 1 heterocycles. The van der Waals surface area contributed by atoms with Gasteiger partial charge in [0.2, 0.25) is 0 Å². The highest BCUT2D eigenvalue weighted by Crippen LogP contribution is 2.15. The third-order valence-electron chi connectivity index (χ3n) is 2.93. The van der Waals surface area contributed by atoms with Crippen molar-refractivity contribution < 1.29 is 4.79 Å². The van der Waals surface area contributed by atoms with Crippen molar-refractivity contribution in [1.82, 2.24) is 4.90 Å². The van der Waals surface area contributed by atoms with Gasteiger partial charge in [-0.05, 0) is 11.3 Å². The molecule has 0 saturated heterocycles. The second-order valence-corrected chi connectivity index (χ2v) is 4.13. The van der Waals surface area contributed by atoms with Gasteiger partial charge in [0.05, 0.1) is 17.9 Å². The molecule has 1 aromatic rings. The Morgan fingerprint density at radius 3 is 2.67 bits per heavy atom. The Morgan fingerprint density at radius 1 is 1.28 bits per heavy atom. The fourth-order valence-electron chi connectivity index (χ4n) is 2.05. The van der Waals surface area contributed by atoms with E-state index in [1.807, 2.05) is 24.3 Å². The first-order valence-corrected chi connectivity index (χ1v) is 5.77. The fraction of sp³-hybridized carbons (Fsp3) is 0.133. The van der Waals surface area contributed by atoms with Gasteiger partial charge in [0, 0.05) is 12.3 Å². The summed E-state index contributed by atoms with van der Waals surface area (Å²) in [6, 6.07) is 3.77. The number of carbonyl (C=O) groups excluding carboxylic acids is 1. The molecule has 1 aliphatic rings. The lowest BCUT2D eigenvalue weighted by Gasteiger charge is -2.26. The van der Waals surface area contributed by atoms with Crippen LogP contribution in [0.5, 0.6) is 0 Å². The molecular formula is C15H16N2O. The van der Waals surface area contributed by atoms with Gasteiger partial charge in [0.15, 0.2) is 0 Å². The van der Waals surface area contributed by atoms with Crippen LogP contribution in [0, 0.1) is 0 Å². The molecule has 0 fully saturated rings. The van der Waals surface area contributed by atoms with Crippen molar-refractivity contribution >= 4 is 23.7 Å². The lowest BCUT2D eigenvalue weighted by Crippen LogP contribution is -2.42. The number of amides is 1. The summed E-state index contributed by atoms with van der Waals surface area (Å²) < 4.78 is 0. The maximum Gasteiger partial charge on any atom is 0.257 e. The van der Waals surface area contributed by atoms with E-state index in [9.17, 15) is 4.79 Å². The highest BCUT2D eigenvalue weighted by molar-refractivity contribution is 6.01. The Kier molecular flexibility index (Phi) is 3.33. The molecule has 0 radical (unpaired) electrons. The summed E-state index contributed by atoms with van der Waals surface area (Å²) in [6.07, 6.45) is 7.28. The molecule has 3 heteroatoms. The molecule has 0 bridgehead atoms. The molecule has 92 valence electrons. The molecule has 2 rings (SSSR count). The van der Waals surface area contributed by atoms with E-state index in [4.69, 9.17) is 0 Å². The zero-order valence-electron chi connectivity index (χ0n) is 10.4. The van der Waals surface area contributed by atoms with E-state index in [2.05, 4.69) is 18.5 Å². The second kappa shape index (κ2) is 4.92. The van der Waals surface area contributed by atoms with Gasteiger partial charge in [-0.25, -0.2) is 0 Å². The molecule has 0 unspecified atom stereocenters. The van der Waals surface area contributed by atoms with E-state index >= 15 is 0 Å². The largest absolute Gasteiger partial charge is 0.367 e. The highest BCUT2D eigenvalue weighted by Gasteiger charge is 2.21. The first-order chi connectivity index (χ1) is 8.69. The Morgan fingerprint density at radius 2 is 2.00 bits per heavy atom. The molecule has 0 aromatic heterocycles. The molecule has 1 aliphatic heterocycles. The zero-order valence-corrected chi connectivity index (χ0v) is 10.4. The SMILES string of the molecule is C=C/C=c1/ccc2c(/c1=C/C=C)NCN(C)C2=O. The minimum atomic E-state index is 0.0348. The lowest BCUT2D eigenvalue weighted by atomic mass is 10.0. The van der Waals surface area contributed by atoms with Gasteiger partial charge >= 0.3 is 0 Å². The molecule has 18 heavy (non-hydrogen) atoms. The number of fused-ring (bicyclic) bond motifs is 1. The van der Waals surface area contributed by atoms with Crippen LogP contribution in [0.25, 0.3) is 12.2 Å². The number of nitrogens with zero attached hydrogens (tertiary/aromatic N) is 1. The fourth-order valence-corrected chi connectivity index (χ4v) is 2.05. The third kappa shape index (κ3) is 1.95. The van der Waals surface area contributed by atoms with E-state index in [0.29, 0.717) is 12.2 Å².